The minimum absolute atomic E-state index is 0.0237. The Labute approximate surface area is 160 Å². The third-order valence-electron chi connectivity index (χ3n) is 5.12. The maximum atomic E-state index is 12.3. The lowest BCUT2D eigenvalue weighted by Gasteiger charge is -2.28. The number of fused-ring (bicyclic) bond motifs is 1. The van der Waals surface area contributed by atoms with Crippen LogP contribution in [0.4, 0.5) is 11.4 Å². The number of nitrogens with zero attached hydrogens (tertiary/aromatic N) is 1. The summed E-state index contributed by atoms with van der Waals surface area (Å²) in [6, 6.07) is 14.1. The van der Waals surface area contributed by atoms with Gasteiger partial charge in [-0.1, -0.05) is 6.07 Å². The normalized spacial score (nSPS) is 16.1. The van der Waals surface area contributed by atoms with Gasteiger partial charge in [-0.05, 0) is 67.6 Å². The molecule has 1 amide bonds. The van der Waals surface area contributed by atoms with E-state index in [9.17, 15) is 4.79 Å². The molecule has 2 aromatic rings. The van der Waals surface area contributed by atoms with Crippen molar-refractivity contribution in [1.29, 1.82) is 0 Å². The fourth-order valence-electron chi connectivity index (χ4n) is 3.63. The summed E-state index contributed by atoms with van der Waals surface area (Å²) in [5.41, 5.74) is 3.17. The van der Waals surface area contributed by atoms with Crippen LogP contribution in [0.1, 0.15) is 31.2 Å². The molecule has 2 aliphatic heterocycles. The van der Waals surface area contributed by atoms with Gasteiger partial charge in [0, 0.05) is 30.9 Å². The average molecular weight is 366 g/mol. The second kappa shape index (κ2) is 8.33. The zero-order chi connectivity index (χ0) is 18.5. The summed E-state index contributed by atoms with van der Waals surface area (Å²) in [5, 5.41) is 2.99. The van der Waals surface area contributed by atoms with Crippen molar-refractivity contribution < 1.29 is 14.3 Å². The van der Waals surface area contributed by atoms with E-state index in [4.69, 9.17) is 9.47 Å². The number of hydrogen-bond donors (Lipinski definition) is 1. The topological polar surface area (TPSA) is 50.8 Å². The van der Waals surface area contributed by atoms with Crippen LogP contribution < -0.4 is 19.7 Å². The second-order valence-electron chi connectivity index (χ2n) is 7.12. The predicted octanol–water partition coefficient (Wildman–Crippen LogP) is 4.02. The van der Waals surface area contributed by atoms with Gasteiger partial charge in [0.25, 0.3) is 0 Å². The number of carbonyl (C=O) groups excluding carboxylic acids is 1. The molecule has 0 spiro atoms. The van der Waals surface area contributed by atoms with Crippen LogP contribution >= 0.6 is 0 Å². The van der Waals surface area contributed by atoms with Crippen molar-refractivity contribution in [2.45, 2.75) is 32.1 Å². The molecule has 2 heterocycles. The van der Waals surface area contributed by atoms with E-state index in [2.05, 4.69) is 22.3 Å². The molecule has 5 heteroatoms. The first kappa shape index (κ1) is 17.7. The van der Waals surface area contributed by atoms with E-state index >= 15 is 0 Å². The van der Waals surface area contributed by atoms with Crippen molar-refractivity contribution in [3.05, 3.63) is 48.0 Å². The van der Waals surface area contributed by atoms with Gasteiger partial charge >= 0.3 is 0 Å². The lowest BCUT2D eigenvalue weighted by molar-refractivity contribution is -0.116. The van der Waals surface area contributed by atoms with Gasteiger partial charge in [-0.3, -0.25) is 4.79 Å². The summed E-state index contributed by atoms with van der Waals surface area (Å²) in [7, 11) is 0. The van der Waals surface area contributed by atoms with E-state index in [1.54, 1.807) is 0 Å². The van der Waals surface area contributed by atoms with Gasteiger partial charge in [0.2, 0.25) is 5.91 Å². The Bertz CT molecular complexity index is 783. The first-order valence-corrected chi connectivity index (χ1v) is 9.81. The highest BCUT2D eigenvalue weighted by atomic mass is 16.6. The molecule has 5 nitrogen and oxygen atoms in total. The van der Waals surface area contributed by atoms with Crippen molar-refractivity contribution in [2.24, 2.45) is 0 Å². The van der Waals surface area contributed by atoms with Gasteiger partial charge in [0.15, 0.2) is 11.5 Å². The first-order valence-electron chi connectivity index (χ1n) is 9.81. The molecule has 0 radical (unpaired) electrons. The molecule has 0 unspecified atom stereocenters. The zero-order valence-electron chi connectivity index (χ0n) is 15.6. The summed E-state index contributed by atoms with van der Waals surface area (Å²) in [6.07, 6.45) is 4.96. The molecule has 0 atom stereocenters. The third kappa shape index (κ3) is 4.54. The van der Waals surface area contributed by atoms with Gasteiger partial charge in [0.05, 0.1) is 0 Å². The third-order valence-corrected chi connectivity index (χ3v) is 5.12. The number of anilines is 2. The molecule has 0 aromatic heterocycles. The van der Waals surface area contributed by atoms with Crippen molar-refractivity contribution in [2.75, 3.05) is 36.5 Å². The Morgan fingerprint density at radius 3 is 2.44 bits per heavy atom. The van der Waals surface area contributed by atoms with Crippen LogP contribution in [0.3, 0.4) is 0 Å². The summed E-state index contributed by atoms with van der Waals surface area (Å²) >= 11 is 0. The lowest BCUT2D eigenvalue weighted by Crippen LogP contribution is -2.29. The number of rotatable bonds is 5. The van der Waals surface area contributed by atoms with Gasteiger partial charge < -0.3 is 19.7 Å². The standard InChI is InChI=1S/C22H26N2O3/c25-22(11-5-17-4-10-20-21(16-17)27-15-14-26-20)23-18-6-8-19(9-7-18)24-12-2-1-3-13-24/h4,6-10,16H,1-3,5,11-15H2,(H,23,25). The van der Waals surface area contributed by atoms with E-state index in [0.29, 0.717) is 26.1 Å². The molecule has 1 fully saturated rings. The van der Waals surface area contributed by atoms with Gasteiger partial charge in [-0.25, -0.2) is 0 Å². The Morgan fingerprint density at radius 2 is 1.67 bits per heavy atom. The smallest absolute Gasteiger partial charge is 0.224 e. The second-order valence-corrected chi connectivity index (χ2v) is 7.12. The van der Waals surface area contributed by atoms with Crippen molar-refractivity contribution in [3.8, 4) is 11.5 Å². The predicted molar refractivity (Wildman–Crippen MR) is 107 cm³/mol. The van der Waals surface area contributed by atoms with Crippen LogP contribution in [-0.4, -0.2) is 32.2 Å². The highest BCUT2D eigenvalue weighted by molar-refractivity contribution is 5.91. The summed E-state index contributed by atoms with van der Waals surface area (Å²) in [5.74, 6) is 1.58. The first-order chi connectivity index (χ1) is 13.3. The van der Waals surface area contributed by atoms with E-state index in [0.717, 1.165) is 35.8 Å². The quantitative estimate of drug-likeness (QED) is 0.868. The molecule has 0 bridgehead atoms. The van der Waals surface area contributed by atoms with Crippen LogP contribution in [0, 0.1) is 0 Å². The van der Waals surface area contributed by atoms with Crippen LogP contribution in [0.15, 0.2) is 42.5 Å². The molecule has 2 aromatic carbocycles. The van der Waals surface area contributed by atoms with E-state index in [1.807, 2.05) is 30.3 Å². The molecular weight excluding hydrogens is 340 g/mol. The van der Waals surface area contributed by atoms with Crippen molar-refractivity contribution >= 4 is 17.3 Å². The number of ether oxygens (including phenoxy) is 2. The number of nitrogens with one attached hydrogen (secondary N) is 1. The molecule has 1 N–H and O–H groups in total. The highest BCUT2D eigenvalue weighted by Crippen LogP contribution is 2.31. The molecule has 0 aliphatic carbocycles. The number of aryl methyl sites for hydroxylation is 1. The zero-order valence-corrected chi connectivity index (χ0v) is 15.6. The molecule has 2 aliphatic rings. The maximum Gasteiger partial charge on any atom is 0.224 e. The van der Waals surface area contributed by atoms with Crippen LogP contribution in [0.25, 0.3) is 0 Å². The molecule has 27 heavy (non-hydrogen) atoms. The van der Waals surface area contributed by atoms with E-state index in [1.165, 1.54) is 24.9 Å². The minimum Gasteiger partial charge on any atom is -0.486 e. The number of piperidine rings is 1. The molecule has 1 saturated heterocycles. The van der Waals surface area contributed by atoms with Gasteiger partial charge in [-0.15, -0.1) is 0 Å². The van der Waals surface area contributed by atoms with Crippen molar-refractivity contribution in [1.82, 2.24) is 0 Å². The fraction of sp³-hybridized carbons (Fsp3) is 0.409. The SMILES string of the molecule is O=C(CCc1ccc2c(c1)OCCO2)Nc1ccc(N2CCCCC2)cc1. The van der Waals surface area contributed by atoms with E-state index < -0.39 is 0 Å². The Balaban J connectivity index is 1.29. The summed E-state index contributed by atoms with van der Waals surface area (Å²) in [6.45, 7) is 3.41. The molecule has 0 saturated carbocycles. The maximum absolute atomic E-state index is 12.3. The lowest BCUT2D eigenvalue weighted by atomic mass is 10.1. The summed E-state index contributed by atoms with van der Waals surface area (Å²) < 4.78 is 11.1. The van der Waals surface area contributed by atoms with Gasteiger partial charge in [-0.2, -0.15) is 0 Å². The average Bonchev–Trinajstić information content (AvgIpc) is 2.73. The Hall–Kier alpha value is -2.69. The van der Waals surface area contributed by atoms with Crippen molar-refractivity contribution in [3.63, 3.8) is 0 Å². The fourth-order valence-corrected chi connectivity index (χ4v) is 3.63. The summed E-state index contributed by atoms with van der Waals surface area (Å²) in [4.78, 5) is 14.7. The molecule has 4 rings (SSSR count). The number of benzene rings is 2. The van der Waals surface area contributed by atoms with Crippen LogP contribution in [0.5, 0.6) is 11.5 Å². The Kier molecular flexibility index (Phi) is 5.47. The minimum atomic E-state index is 0.0237. The Morgan fingerprint density at radius 1 is 0.926 bits per heavy atom. The van der Waals surface area contributed by atoms with Gasteiger partial charge in [0.1, 0.15) is 13.2 Å². The number of carbonyl (C=O) groups is 1. The monoisotopic (exact) mass is 366 g/mol. The molecular formula is C22H26N2O3. The van der Waals surface area contributed by atoms with E-state index in [-0.39, 0.29) is 5.91 Å². The highest BCUT2D eigenvalue weighted by Gasteiger charge is 2.13. The molecule has 142 valence electrons. The largest absolute Gasteiger partial charge is 0.486 e. The van der Waals surface area contributed by atoms with Crippen LogP contribution in [-0.2, 0) is 11.2 Å². The number of amides is 1. The number of hydrogen-bond acceptors (Lipinski definition) is 4. The van der Waals surface area contributed by atoms with Crippen LogP contribution in [0.2, 0.25) is 0 Å².